The maximum absolute atomic E-state index is 11.5. The number of aryl methyl sites for hydroxylation is 2. The fraction of sp³-hybridized carbons (Fsp3) is 0.167. The lowest BCUT2D eigenvalue weighted by molar-refractivity contribution is 0.907. The van der Waals surface area contributed by atoms with Crippen molar-refractivity contribution >= 4 is 12.2 Å². The van der Waals surface area contributed by atoms with Crippen LogP contribution in [0.4, 0.5) is 0 Å². The number of hydrogen-bond donors (Lipinski definition) is 2. The molecule has 0 aliphatic rings. The summed E-state index contributed by atoms with van der Waals surface area (Å²) in [6.07, 6.45) is 3.25. The Kier molecular flexibility index (Phi) is 3.31. The van der Waals surface area contributed by atoms with E-state index in [1.807, 2.05) is 18.2 Å². The summed E-state index contributed by atoms with van der Waals surface area (Å²) in [4.78, 5) is 16.9. The number of aromatic nitrogens is 2. The van der Waals surface area contributed by atoms with Crippen molar-refractivity contribution in [2.45, 2.75) is 12.8 Å². The van der Waals surface area contributed by atoms with Gasteiger partial charge in [0.25, 0.3) is 5.56 Å². The first kappa shape index (κ1) is 10.8. The molecule has 82 valence electrons. The maximum atomic E-state index is 11.5. The zero-order valence-corrected chi connectivity index (χ0v) is 9.51. The molecule has 2 aromatic rings. The molecule has 0 spiro atoms. The van der Waals surface area contributed by atoms with Crippen molar-refractivity contribution in [1.29, 1.82) is 0 Å². The molecular formula is C12H12N2OS. The van der Waals surface area contributed by atoms with Crippen LogP contribution in [0.25, 0.3) is 0 Å². The van der Waals surface area contributed by atoms with E-state index in [4.69, 9.17) is 12.2 Å². The largest absolute Gasteiger partial charge is 0.338 e. The van der Waals surface area contributed by atoms with Crippen molar-refractivity contribution in [2.75, 3.05) is 0 Å². The molecule has 1 heterocycles. The third-order valence-corrected chi connectivity index (χ3v) is 2.64. The van der Waals surface area contributed by atoms with Gasteiger partial charge in [0.15, 0.2) is 4.77 Å². The fourth-order valence-corrected chi connectivity index (χ4v) is 1.70. The van der Waals surface area contributed by atoms with Gasteiger partial charge in [-0.2, -0.15) is 0 Å². The number of H-pyrrole nitrogens is 2. The summed E-state index contributed by atoms with van der Waals surface area (Å²) < 4.78 is 0.369. The number of aromatic amines is 2. The smallest absolute Gasteiger partial charge is 0.254 e. The second-order valence-electron chi connectivity index (χ2n) is 3.58. The lowest BCUT2D eigenvalue weighted by Crippen LogP contribution is -2.14. The maximum Gasteiger partial charge on any atom is 0.254 e. The van der Waals surface area contributed by atoms with Crippen LogP contribution in [0.15, 0.2) is 41.3 Å². The summed E-state index contributed by atoms with van der Waals surface area (Å²) >= 11 is 4.83. The average Bonchev–Trinajstić information content (AvgIpc) is 2.29. The molecule has 0 aliphatic heterocycles. The van der Waals surface area contributed by atoms with Crippen LogP contribution in [0.1, 0.15) is 11.1 Å². The highest BCUT2D eigenvalue weighted by Crippen LogP contribution is 2.02. The Balaban J connectivity index is 2.11. The van der Waals surface area contributed by atoms with Crippen LogP contribution in [-0.2, 0) is 12.8 Å². The van der Waals surface area contributed by atoms with Crippen molar-refractivity contribution in [1.82, 2.24) is 9.97 Å². The first-order valence-corrected chi connectivity index (χ1v) is 5.51. The quantitative estimate of drug-likeness (QED) is 0.797. The van der Waals surface area contributed by atoms with Crippen LogP contribution in [0.3, 0.4) is 0 Å². The van der Waals surface area contributed by atoms with Gasteiger partial charge in [-0.15, -0.1) is 0 Å². The molecule has 0 saturated heterocycles. The van der Waals surface area contributed by atoms with Crippen LogP contribution in [-0.4, -0.2) is 9.97 Å². The van der Waals surface area contributed by atoms with Crippen LogP contribution >= 0.6 is 12.2 Å². The monoisotopic (exact) mass is 232 g/mol. The summed E-state index contributed by atoms with van der Waals surface area (Å²) in [6, 6.07) is 10.1. The molecule has 0 atom stereocenters. The summed E-state index contributed by atoms with van der Waals surface area (Å²) in [6.45, 7) is 0. The Hall–Kier alpha value is -1.68. The van der Waals surface area contributed by atoms with Gasteiger partial charge in [-0.1, -0.05) is 30.3 Å². The highest BCUT2D eigenvalue weighted by molar-refractivity contribution is 7.71. The Morgan fingerprint density at radius 3 is 2.56 bits per heavy atom. The van der Waals surface area contributed by atoms with Gasteiger partial charge in [-0.05, 0) is 30.6 Å². The van der Waals surface area contributed by atoms with E-state index in [0.29, 0.717) is 11.2 Å². The lowest BCUT2D eigenvalue weighted by atomic mass is 10.1. The normalized spacial score (nSPS) is 10.2. The standard InChI is InChI=1S/C12H12N2OS/c15-11-10(8-13-12(16)14-11)7-6-9-4-2-1-3-5-9/h1-5,8H,6-7H2,(H2,13,14,15,16). The Labute approximate surface area is 98.2 Å². The number of hydrogen-bond acceptors (Lipinski definition) is 2. The van der Waals surface area contributed by atoms with Crippen molar-refractivity contribution in [3.05, 3.63) is 62.8 Å². The zero-order valence-electron chi connectivity index (χ0n) is 8.69. The minimum atomic E-state index is -0.0975. The molecule has 0 bridgehead atoms. The van der Waals surface area contributed by atoms with E-state index in [0.717, 1.165) is 12.0 Å². The minimum Gasteiger partial charge on any atom is -0.338 e. The molecule has 2 rings (SSSR count). The van der Waals surface area contributed by atoms with Crippen molar-refractivity contribution < 1.29 is 0 Å². The number of rotatable bonds is 3. The van der Waals surface area contributed by atoms with Gasteiger partial charge in [0.1, 0.15) is 0 Å². The van der Waals surface area contributed by atoms with Crippen LogP contribution in [0.2, 0.25) is 0 Å². The summed E-state index contributed by atoms with van der Waals surface area (Å²) in [5.74, 6) is 0. The molecule has 0 radical (unpaired) electrons. The van der Waals surface area contributed by atoms with E-state index < -0.39 is 0 Å². The lowest BCUT2D eigenvalue weighted by Gasteiger charge is -2.00. The molecule has 0 saturated carbocycles. The summed E-state index contributed by atoms with van der Waals surface area (Å²) in [7, 11) is 0. The second-order valence-corrected chi connectivity index (χ2v) is 3.99. The predicted molar refractivity (Wildman–Crippen MR) is 66.1 cm³/mol. The fourth-order valence-electron chi connectivity index (χ4n) is 1.55. The molecule has 2 N–H and O–H groups in total. The van der Waals surface area contributed by atoms with Crippen molar-refractivity contribution in [2.24, 2.45) is 0 Å². The molecule has 1 aromatic carbocycles. The van der Waals surface area contributed by atoms with Crippen LogP contribution in [0, 0.1) is 4.77 Å². The van der Waals surface area contributed by atoms with Gasteiger partial charge < -0.3 is 4.98 Å². The highest BCUT2D eigenvalue weighted by Gasteiger charge is 1.99. The first-order chi connectivity index (χ1) is 7.75. The van der Waals surface area contributed by atoms with Gasteiger partial charge >= 0.3 is 0 Å². The minimum absolute atomic E-state index is 0.0975. The number of nitrogens with one attached hydrogen (secondary N) is 2. The number of benzene rings is 1. The Morgan fingerprint density at radius 2 is 1.88 bits per heavy atom. The van der Waals surface area contributed by atoms with E-state index in [1.54, 1.807) is 6.20 Å². The molecule has 0 amide bonds. The molecule has 16 heavy (non-hydrogen) atoms. The van der Waals surface area contributed by atoms with Crippen LogP contribution in [0.5, 0.6) is 0 Å². The van der Waals surface area contributed by atoms with Gasteiger partial charge in [0.2, 0.25) is 0 Å². The predicted octanol–water partition coefficient (Wildman–Crippen LogP) is 2.22. The van der Waals surface area contributed by atoms with Gasteiger partial charge in [0.05, 0.1) is 0 Å². The topological polar surface area (TPSA) is 48.6 Å². The summed E-state index contributed by atoms with van der Waals surface area (Å²) in [5.41, 5.74) is 1.86. The molecule has 4 heteroatoms. The van der Waals surface area contributed by atoms with Gasteiger partial charge in [-0.25, -0.2) is 0 Å². The average molecular weight is 232 g/mol. The Bertz CT molecular complexity index is 571. The second kappa shape index (κ2) is 4.90. The molecule has 3 nitrogen and oxygen atoms in total. The van der Waals surface area contributed by atoms with E-state index >= 15 is 0 Å². The van der Waals surface area contributed by atoms with Crippen molar-refractivity contribution in [3.8, 4) is 0 Å². The molecule has 0 aliphatic carbocycles. The SMILES string of the molecule is O=c1[nH]c(=S)[nH]cc1CCc1ccccc1. The van der Waals surface area contributed by atoms with E-state index in [2.05, 4.69) is 22.1 Å². The van der Waals surface area contributed by atoms with Gasteiger partial charge in [-0.3, -0.25) is 9.78 Å². The van der Waals surface area contributed by atoms with Crippen LogP contribution < -0.4 is 5.56 Å². The van der Waals surface area contributed by atoms with E-state index in [1.165, 1.54) is 5.56 Å². The van der Waals surface area contributed by atoms with Gasteiger partial charge in [0, 0.05) is 11.8 Å². The van der Waals surface area contributed by atoms with E-state index in [-0.39, 0.29) is 5.56 Å². The molecule has 1 aromatic heterocycles. The molecule has 0 fully saturated rings. The highest BCUT2D eigenvalue weighted by atomic mass is 32.1. The third-order valence-electron chi connectivity index (χ3n) is 2.42. The Morgan fingerprint density at radius 1 is 1.12 bits per heavy atom. The first-order valence-electron chi connectivity index (χ1n) is 5.10. The summed E-state index contributed by atoms with van der Waals surface area (Å²) in [5, 5.41) is 0. The zero-order chi connectivity index (χ0) is 11.4. The van der Waals surface area contributed by atoms with Crippen molar-refractivity contribution in [3.63, 3.8) is 0 Å². The molecular weight excluding hydrogens is 220 g/mol. The third kappa shape index (κ3) is 2.67. The van der Waals surface area contributed by atoms with E-state index in [9.17, 15) is 4.79 Å². The molecule has 0 unspecified atom stereocenters.